The third kappa shape index (κ3) is 6.55. The first-order valence-electron chi connectivity index (χ1n) is 8.03. The molecule has 6 heteroatoms. The molecule has 0 unspecified atom stereocenters. The number of esters is 1. The van der Waals surface area contributed by atoms with Gasteiger partial charge in [0.2, 0.25) is 0 Å². The van der Waals surface area contributed by atoms with Crippen molar-refractivity contribution in [1.82, 2.24) is 5.32 Å². The van der Waals surface area contributed by atoms with Gasteiger partial charge in [0.25, 0.3) is 5.91 Å². The van der Waals surface area contributed by atoms with Gasteiger partial charge in [-0.1, -0.05) is 18.2 Å². The second-order valence-corrected chi connectivity index (χ2v) is 5.04. The molecule has 0 aliphatic carbocycles. The Morgan fingerprint density at radius 2 is 1.60 bits per heavy atom. The molecule has 0 aromatic heterocycles. The van der Waals surface area contributed by atoms with Gasteiger partial charge in [-0.15, -0.1) is 0 Å². The first-order valence-corrected chi connectivity index (χ1v) is 8.03. The summed E-state index contributed by atoms with van der Waals surface area (Å²) in [5, 5.41) is 2.62. The maximum absolute atomic E-state index is 11.9. The van der Waals surface area contributed by atoms with E-state index in [-0.39, 0.29) is 12.5 Å². The molecule has 132 valence electrons. The zero-order valence-corrected chi connectivity index (χ0v) is 14.1. The molecule has 0 saturated carbocycles. The van der Waals surface area contributed by atoms with E-state index in [0.29, 0.717) is 31.1 Å². The van der Waals surface area contributed by atoms with E-state index < -0.39 is 5.97 Å². The van der Waals surface area contributed by atoms with Crippen LogP contribution in [0.4, 0.5) is 0 Å². The Morgan fingerprint density at radius 1 is 0.920 bits per heavy atom. The van der Waals surface area contributed by atoms with Crippen molar-refractivity contribution in [2.45, 2.75) is 6.92 Å². The largest absolute Gasteiger partial charge is 0.494 e. The van der Waals surface area contributed by atoms with E-state index in [2.05, 4.69) is 5.32 Å². The molecule has 2 rings (SSSR count). The number of benzene rings is 2. The topological polar surface area (TPSA) is 73.9 Å². The average Bonchev–Trinajstić information content (AvgIpc) is 2.65. The number of amides is 1. The van der Waals surface area contributed by atoms with Crippen LogP contribution in [0.5, 0.6) is 11.5 Å². The summed E-state index contributed by atoms with van der Waals surface area (Å²) in [6, 6.07) is 15.9. The monoisotopic (exact) mass is 343 g/mol. The zero-order chi connectivity index (χ0) is 17.9. The summed E-state index contributed by atoms with van der Waals surface area (Å²) in [5.74, 6) is 0.476. The van der Waals surface area contributed by atoms with Gasteiger partial charge in [0.15, 0.2) is 6.61 Å². The second kappa shape index (κ2) is 9.97. The van der Waals surface area contributed by atoms with Crippen LogP contribution in [0.2, 0.25) is 0 Å². The molecule has 0 atom stereocenters. The number of ether oxygens (including phenoxy) is 3. The first-order chi connectivity index (χ1) is 12.2. The summed E-state index contributed by atoms with van der Waals surface area (Å²) >= 11 is 0. The second-order valence-electron chi connectivity index (χ2n) is 5.04. The van der Waals surface area contributed by atoms with Gasteiger partial charge in [0.05, 0.1) is 18.7 Å². The van der Waals surface area contributed by atoms with Crippen LogP contribution in [0.3, 0.4) is 0 Å². The fraction of sp³-hybridized carbons (Fsp3) is 0.263. The number of nitrogens with one attached hydrogen (secondary N) is 1. The van der Waals surface area contributed by atoms with E-state index >= 15 is 0 Å². The summed E-state index contributed by atoms with van der Waals surface area (Å²) in [7, 11) is 0. The van der Waals surface area contributed by atoms with Gasteiger partial charge in [-0.2, -0.15) is 0 Å². The molecule has 0 fully saturated rings. The van der Waals surface area contributed by atoms with Crippen LogP contribution in [0, 0.1) is 0 Å². The number of hydrogen-bond donors (Lipinski definition) is 1. The van der Waals surface area contributed by atoms with Gasteiger partial charge in [0, 0.05) is 0 Å². The fourth-order valence-electron chi connectivity index (χ4n) is 2.00. The average molecular weight is 343 g/mol. The molecule has 2 aromatic carbocycles. The highest BCUT2D eigenvalue weighted by molar-refractivity contribution is 5.91. The van der Waals surface area contributed by atoms with E-state index in [1.54, 1.807) is 24.3 Å². The summed E-state index contributed by atoms with van der Waals surface area (Å²) in [4.78, 5) is 23.5. The first kappa shape index (κ1) is 18.3. The Balaban J connectivity index is 1.64. The predicted octanol–water partition coefficient (Wildman–Crippen LogP) is 2.44. The number of hydrogen-bond acceptors (Lipinski definition) is 5. The normalized spacial score (nSPS) is 9.96. The maximum Gasteiger partial charge on any atom is 0.338 e. The Bertz CT molecular complexity index is 670. The quantitative estimate of drug-likeness (QED) is 0.559. The Labute approximate surface area is 146 Å². The van der Waals surface area contributed by atoms with E-state index in [4.69, 9.17) is 14.2 Å². The molecule has 0 aliphatic heterocycles. The minimum absolute atomic E-state index is 0.328. The SMILES string of the molecule is CCOc1ccc(C(=O)OCC(=O)NCCOc2ccccc2)cc1. The van der Waals surface area contributed by atoms with Crippen LogP contribution in [0.1, 0.15) is 17.3 Å². The van der Waals surface area contributed by atoms with Crippen LogP contribution in [-0.2, 0) is 9.53 Å². The van der Waals surface area contributed by atoms with Gasteiger partial charge in [-0.25, -0.2) is 4.79 Å². The maximum atomic E-state index is 11.9. The zero-order valence-electron chi connectivity index (χ0n) is 14.1. The molecule has 2 aromatic rings. The molecule has 1 N–H and O–H groups in total. The van der Waals surface area contributed by atoms with Gasteiger partial charge in [-0.05, 0) is 43.3 Å². The third-order valence-corrected chi connectivity index (χ3v) is 3.17. The molecule has 0 heterocycles. The Morgan fingerprint density at radius 3 is 2.28 bits per heavy atom. The van der Waals surface area contributed by atoms with E-state index in [0.717, 1.165) is 5.75 Å². The molecular formula is C19H21NO5. The van der Waals surface area contributed by atoms with Crippen molar-refractivity contribution in [3.8, 4) is 11.5 Å². The highest BCUT2D eigenvalue weighted by atomic mass is 16.5. The van der Waals surface area contributed by atoms with E-state index in [1.165, 1.54) is 0 Å². The standard InChI is InChI=1S/C19H21NO5/c1-2-23-17-10-8-15(9-11-17)19(22)25-14-18(21)20-12-13-24-16-6-4-3-5-7-16/h3-11H,2,12-14H2,1H3,(H,20,21). The lowest BCUT2D eigenvalue weighted by molar-refractivity contribution is -0.124. The molecule has 6 nitrogen and oxygen atoms in total. The summed E-state index contributed by atoms with van der Waals surface area (Å²) in [5.41, 5.74) is 0.365. The van der Waals surface area contributed by atoms with E-state index in [9.17, 15) is 9.59 Å². The van der Waals surface area contributed by atoms with Gasteiger partial charge in [0.1, 0.15) is 18.1 Å². The van der Waals surface area contributed by atoms with Gasteiger partial charge < -0.3 is 19.5 Å². The third-order valence-electron chi connectivity index (χ3n) is 3.17. The van der Waals surface area contributed by atoms with Crippen molar-refractivity contribution in [3.05, 3.63) is 60.2 Å². The molecule has 1 amide bonds. The van der Waals surface area contributed by atoms with Gasteiger partial charge >= 0.3 is 5.97 Å². The van der Waals surface area contributed by atoms with Crippen molar-refractivity contribution >= 4 is 11.9 Å². The van der Waals surface area contributed by atoms with Crippen molar-refractivity contribution in [2.24, 2.45) is 0 Å². The summed E-state index contributed by atoms with van der Waals surface area (Å²) < 4.78 is 15.7. The minimum atomic E-state index is -0.557. The van der Waals surface area contributed by atoms with Crippen molar-refractivity contribution in [3.63, 3.8) is 0 Å². The smallest absolute Gasteiger partial charge is 0.338 e. The Kier molecular flexibility index (Phi) is 7.31. The van der Waals surface area contributed by atoms with Crippen LogP contribution in [-0.4, -0.2) is 38.2 Å². The van der Waals surface area contributed by atoms with Crippen molar-refractivity contribution < 1.29 is 23.8 Å². The van der Waals surface area contributed by atoms with Gasteiger partial charge in [-0.3, -0.25) is 4.79 Å². The number of para-hydroxylation sites is 1. The summed E-state index contributed by atoms with van der Waals surface area (Å²) in [6.07, 6.45) is 0. The molecular weight excluding hydrogens is 322 g/mol. The highest BCUT2D eigenvalue weighted by Crippen LogP contribution is 2.12. The van der Waals surface area contributed by atoms with E-state index in [1.807, 2.05) is 37.3 Å². The van der Waals surface area contributed by atoms with Crippen LogP contribution in [0.25, 0.3) is 0 Å². The number of carbonyl (C=O) groups excluding carboxylic acids is 2. The molecule has 0 aliphatic rings. The van der Waals surface area contributed by atoms with Crippen LogP contribution < -0.4 is 14.8 Å². The molecule has 0 saturated heterocycles. The van der Waals surface area contributed by atoms with Crippen molar-refractivity contribution in [2.75, 3.05) is 26.4 Å². The number of rotatable bonds is 9. The fourth-order valence-corrected chi connectivity index (χ4v) is 2.00. The molecule has 0 radical (unpaired) electrons. The molecule has 25 heavy (non-hydrogen) atoms. The Hall–Kier alpha value is -3.02. The number of carbonyl (C=O) groups is 2. The lowest BCUT2D eigenvalue weighted by atomic mass is 10.2. The summed E-state index contributed by atoms with van der Waals surface area (Å²) in [6.45, 7) is 2.76. The van der Waals surface area contributed by atoms with Crippen molar-refractivity contribution in [1.29, 1.82) is 0 Å². The minimum Gasteiger partial charge on any atom is -0.494 e. The van der Waals surface area contributed by atoms with Crippen LogP contribution in [0.15, 0.2) is 54.6 Å². The molecule has 0 bridgehead atoms. The lowest BCUT2D eigenvalue weighted by Crippen LogP contribution is -2.32. The van der Waals surface area contributed by atoms with Crippen LogP contribution >= 0.6 is 0 Å². The highest BCUT2D eigenvalue weighted by Gasteiger charge is 2.10. The molecule has 0 spiro atoms. The predicted molar refractivity (Wildman–Crippen MR) is 92.8 cm³/mol. The lowest BCUT2D eigenvalue weighted by Gasteiger charge is -2.08.